The average Bonchev–Trinajstić information content (AvgIpc) is 3.24. The quantitative estimate of drug-likeness (QED) is 0.705. The highest BCUT2D eigenvalue weighted by atomic mass is 16.5. The zero-order valence-electron chi connectivity index (χ0n) is 15.4. The van der Waals surface area contributed by atoms with Gasteiger partial charge in [-0.15, -0.1) is 0 Å². The van der Waals surface area contributed by atoms with Gasteiger partial charge in [0.25, 0.3) is 5.91 Å². The molecule has 1 atom stereocenters. The van der Waals surface area contributed by atoms with Crippen LogP contribution in [0.2, 0.25) is 0 Å². The van der Waals surface area contributed by atoms with E-state index in [1.165, 1.54) is 0 Å². The van der Waals surface area contributed by atoms with Gasteiger partial charge in [0.05, 0.1) is 11.7 Å². The Labute approximate surface area is 153 Å². The second kappa shape index (κ2) is 7.99. The Morgan fingerprint density at radius 2 is 2.04 bits per heavy atom. The first-order valence-corrected chi connectivity index (χ1v) is 8.88. The number of nitrogens with zero attached hydrogens (tertiary/aromatic N) is 3. The number of rotatable bonds is 7. The number of hydrogen-bond acceptors (Lipinski definition) is 4. The maximum atomic E-state index is 12.9. The lowest BCUT2D eigenvalue weighted by molar-refractivity contribution is 0.0931. The predicted octanol–water partition coefficient (Wildman–Crippen LogP) is 3.61. The Morgan fingerprint density at radius 3 is 2.69 bits per heavy atom. The number of benzene rings is 1. The van der Waals surface area contributed by atoms with Crippen LogP contribution in [0.25, 0.3) is 0 Å². The summed E-state index contributed by atoms with van der Waals surface area (Å²) in [5.74, 6) is 1.37. The first-order chi connectivity index (χ1) is 12.6. The topological polar surface area (TPSA) is 73.0 Å². The molecule has 0 radical (unpaired) electrons. The van der Waals surface area contributed by atoms with Crippen molar-refractivity contribution in [2.45, 2.75) is 46.2 Å². The Bertz CT molecular complexity index is 867. The monoisotopic (exact) mass is 352 g/mol. The molecule has 0 aliphatic rings. The summed E-state index contributed by atoms with van der Waals surface area (Å²) < 4.78 is 7.29. The van der Waals surface area contributed by atoms with E-state index in [0.717, 1.165) is 24.4 Å². The first-order valence-electron chi connectivity index (χ1n) is 8.88. The van der Waals surface area contributed by atoms with E-state index in [1.807, 2.05) is 50.4 Å². The molecule has 3 aromatic rings. The molecule has 0 aliphatic carbocycles. The molecule has 136 valence electrons. The van der Waals surface area contributed by atoms with Crippen LogP contribution in [0.5, 0.6) is 0 Å². The average molecular weight is 352 g/mol. The van der Waals surface area contributed by atoms with Gasteiger partial charge < -0.3 is 14.4 Å². The van der Waals surface area contributed by atoms with Crippen LogP contribution < -0.4 is 5.32 Å². The van der Waals surface area contributed by atoms with E-state index in [9.17, 15) is 4.79 Å². The molecule has 0 unspecified atom stereocenters. The van der Waals surface area contributed by atoms with E-state index < -0.39 is 0 Å². The fourth-order valence-electron chi connectivity index (χ4n) is 3.10. The molecule has 2 aromatic heterocycles. The molecular formula is C20H24N4O2. The molecule has 0 saturated carbocycles. The van der Waals surface area contributed by atoms with Crippen molar-refractivity contribution >= 4 is 5.91 Å². The summed E-state index contributed by atoms with van der Waals surface area (Å²) in [6.45, 7) is 6.48. The van der Waals surface area contributed by atoms with E-state index in [2.05, 4.69) is 20.0 Å². The normalized spacial score (nSPS) is 12.1. The predicted molar refractivity (Wildman–Crippen MR) is 98.8 cm³/mol. The van der Waals surface area contributed by atoms with Crippen molar-refractivity contribution in [3.63, 3.8) is 0 Å². The third kappa shape index (κ3) is 3.85. The standard InChI is InChI=1S/C20H24N4O2/c1-4-17-19(14(2)26-23-17)20(25)22-18(16-8-6-5-7-9-16)10-12-24-13-11-21-15(24)3/h5-9,11,13,18H,4,10,12H2,1-3H3,(H,22,25)/t18-/m1/s1. The molecule has 1 amide bonds. The summed E-state index contributed by atoms with van der Waals surface area (Å²) in [5, 5.41) is 7.15. The smallest absolute Gasteiger partial charge is 0.257 e. The van der Waals surface area contributed by atoms with Crippen molar-refractivity contribution in [3.05, 3.63) is 71.1 Å². The third-order valence-electron chi connectivity index (χ3n) is 4.58. The number of hydrogen-bond donors (Lipinski definition) is 1. The minimum Gasteiger partial charge on any atom is -0.361 e. The van der Waals surface area contributed by atoms with Crippen molar-refractivity contribution in [1.29, 1.82) is 0 Å². The van der Waals surface area contributed by atoms with E-state index in [1.54, 1.807) is 13.1 Å². The van der Waals surface area contributed by atoms with Crippen molar-refractivity contribution < 1.29 is 9.32 Å². The summed E-state index contributed by atoms with van der Waals surface area (Å²) in [6, 6.07) is 9.91. The highest BCUT2D eigenvalue weighted by Gasteiger charge is 2.22. The fourth-order valence-corrected chi connectivity index (χ4v) is 3.10. The number of amides is 1. The second-order valence-electron chi connectivity index (χ2n) is 6.31. The van der Waals surface area contributed by atoms with Crippen LogP contribution in [-0.2, 0) is 13.0 Å². The number of carbonyl (C=O) groups is 1. The summed E-state index contributed by atoms with van der Waals surface area (Å²) in [7, 11) is 0. The number of imidazole rings is 1. The number of aryl methyl sites for hydroxylation is 4. The van der Waals surface area contributed by atoms with Gasteiger partial charge in [0.15, 0.2) is 0 Å². The van der Waals surface area contributed by atoms with E-state index in [-0.39, 0.29) is 11.9 Å². The Hall–Kier alpha value is -2.89. The highest BCUT2D eigenvalue weighted by Crippen LogP contribution is 2.21. The highest BCUT2D eigenvalue weighted by molar-refractivity contribution is 5.96. The van der Waals surface area contributed by atoms with Crippen LogP contribution >= 0.6 is 0 Å². The number of aromatic nitrogens is 3. The molecule has 2 heterocycles. The lowest BCUT2D eigenvalue weighted by Crippen LogP contribution is -2.30. The fraction of sp³-hybridized carbons (Fsp3) is 0.350. The van der Waals surface area contributed by atoms with Crippen LogP contribution in [0.3, 0.4) is 0 Å². The van der Waals surface area contributed by atoms with Crippen LogP contribution in [0, 0.1) is 13.8 Å². The molecule has 6 nitrogen and oxygen atoms in total. The second-order valence-corrected chi connectivity index (χ2v) is 6.31. The Morgan fingerprint density at radius 1 is 1.27 bits per heavy atom. The zero-order valence-corrected chi connectivity index (χ0v) is 15.4. The SMILES string of the molecule is CCc1noc(C)c1C(=O)N[C@H](CCn1ccnc1C)c1ccccc1. The number of nitrogens with one attached hydrogen (secondary N) is 1. The van der Waals surface area contributed by atoms with E-state index in [0.29, 0.717) is 23.4 Å². The van der Waals surface area contributed by atoms with Gasteiger partial charge in [0, 0.05) is 18.9 Å². The van der Waals surface area contributed by atoms with Crippen molar-refractivity contribution in [2.75, 3.05) is 0 Å². The van der Waals surface area contributed by atoms with Crippen LogP contribution in [-0.4, -0.2) is 20.6 Å². The lowest BCUT2D eigenvalue weighted by Gasteiger charge is -2.20. The van der Waals surface area contributed by atoms with Gasteiger partial charge in [0.2, 0.25) is 0 Å². The molecule has 26 heavy (non-hydrogen) atoms. The maximum Gasteiger partial charge on any atom is 0.257 e. The maximum absolute atomic E-state index is 12.9. The van der Waals surface area contributed by atoms with Crippen molar-refractivity contribution in [3.8, 4) is 0 Å². The van der Waals surface area contributed by atoms with E-state index >= 15 is 0 Å². The zero-order chi connectivity index (χ0) is 18.5. The van der Waals surface area contributed by atoms with Crippen LogP contribution in [0.15, 0.2) is 47.2 Å². The van der Waals surface area contributed by atoms with E-state index in [4.69, 9.17) is 4.52 Å². The van der Waals surface area contributed by atoms with Crippen molar-refractivity contribution in [1.82, 2.24) is 20.0 Å². The summed E-state index contributed by atoms with van der Waals surface area (Å²) in [5.41, 5.74) is 2.32. The molecule has 0 spiro atoms. The Kier molecular flexibility index (Phi) is 5.51. The van der Waals surface area contributed by atoms with Crippen LogP contribution in [0.4, 0.5) is 0 Å². The molecule has 3 rings (SSSR count). The van der Waals surface area contributed by atoms with Gasteiger partial charge in [-0.1, -0.05) is 42.4 Å². The van der Waals surface area contributed by atoms with Gasteiger partial charge >= 0.3 is 0 Å². The molecule has 0 bridgehead atoms. The van der Waals surface area contributed by atoms with Gasteiger partial charge in [-0.2, -0.15) is 0 Å². The first kappa shape index (κ1) is 17.9. The van der Waals surface area contributed by atoms with Gasteiger partial charge in [-0.25, -0.2) is 4.98 Å². The molecule has 1 aromatic carbocycles. The minimum absolute atomic E-state index is 0.107. The number of carbonyl (C=O) groups excluding carboxylic acids is 1. The molecular weight excluding hydrogens is 328 g/mol. The third-order valence-corrected chi connectivity index (χ3v) is 4.58. The molecule has 0 saturated heterocycles. The molecule has 0 aliphatic heterocycles. The summed E-state index contributed by atoms with van der Waals surface area (Å²) in [4.78, 5) is 17.1. The van der Waals surface area contributed by atoms with Gasteiger partial charge in [0.1, 0.15) is 17.1 Å². The van der Waals surface area contributed by atoms with Crippen molar-refractivity contribution in [2.24, 2.45) is 0 Å². The summed E-state index contributed by atoms with van der Waals surface area (Å²) >= 11 is 0. The Balaban J connectivity index is 1.80. The lowest BCUT2D eigenvalue weighted by atomic mass is 10.0. The largest absolute Gasteiger partial charge is 0.361 e. The van der Waals surface area contributed by atoms with Gasteiger partial charge in [-0.05, 0) is 32.3 Å². The minimum atomic E-state index is -0.142. The molecule has 0 fully saturated rings. The molecule has 1 N–H and O–H groups in total. The van der Waals surface area contributed by atoms with Crippen LogP contribution in [0.1, 0.15) is 52.6 Å². The summed E-state index contributed by atoms with van der Waals surface area (Å²) in [6.07, 6.45) is 5.17. The molecule has 6 heteroatoms. The van der Waals surface area contributed by atoms with Gasteiger partial charge in [-0.3, -0.25) is 4.79 Å².